The third-order valence-corrected chi connectivity index (χ3v) is 4.70. The lowest BCUT2D eigenvalue weighted by Crippen LogP contribution is -2.32. The molecule has 2 aliphatic heterocycles. The molecule has 2 amide bonds. The number of carbonyl (C=O) groups is 4. The van der Waals surface area contributed by atoms with Crippen molar-refractivity contribution in [3.63, 3.8) is 0 Å². The van der Waals surface area contributed by atoms with Crippen LogP contribution in [0.15, 0.2) is 22.3 Å². The molecular formula is C20H28N2O9. The molecule has 0 saturated heterocycles. The number of hydrogen-bond acceptors (Lipinski definition) is 9. The summed E-state index contributed by atoms with van der Waals surface area (Å²) in [4.78, 5) is 48.4. The number of alkyl carbamates (subject to hydrolysis) is 2. The van der Waals surface area contributed by atoms with Gasteiger partial charge in [-0.05, 0) is 12.8 Å². The van der Waals surface area contributed by atoms with E-state index < -0.39 is 36.3 Å². The van der Waals surface area contributed by atoms with Crippen molar-refractivity contribution in [3.05, 3.63) is 22.3 Å². The normalized spacial score (nSPS) is 19.2. The highest BCUT2D eigenvalue weighted by Gasteiger charge is 2.52. The molecule has 2 aliphatic rings. The third-order valence-electron chi connectivity index (χ3n) is 4.70. The molecule has 11 nitrogen and oxygen atoms in total. The molecule has 0 radical (unpaired) electrons. The van der Waals surface area contributed by atoms with Gasteiger partial charge in [0.1, 0.15) is 25.4 Å². The van der Waals surface area contributed by atoms with Crippen molar-refractivity contribution in [1.82, 2.24) is 10.6 Å². The molecule has 0 spiro atoms. The lowest BCUT2D eigenvalue weighted by molar-refractivity contribution is -0.139. The number of esters is 2. The highest BCUT2D eigenvalue weighted by atomic mass is 16.6. The van der Waals surface area contributed by atoms with E-state index in [0.29, 0.717) is 24.2 Å². The van der Waals surface area contributed by atoms with Crippen LogP contribution in [0.3, 0.4) is 0 Å². The van der Waals surface area contributed by atoms with Crippen molar-refractivity contribution in [3.8, 4) is 0 Å². The van der Waals surface area contributed by atoms with Gasteiger partial charge in [-0.25, -0.2) is 19.2 Å². The molecule has 0 aliphatic carbocycles. The molecule has 0 aromatic rings. The molecule has 2 heterocycles. The van der Waals surface area contributed by atoms with E-state index in [2.05, 4.69) is 10.6 Å². The summed E-state index contributed by atoms with van der Waals surface area (Å²) < 4.78 is 25.9. The summed E-state index contributed by atoms with van der Waals surface area (Å²) >= 11 is 0. The molecule has 0 saturated carbocycles. The average Bonchev–Trinajstić information content (AvgIpc) is 3.33. The van der Waals surface area contributed by atoms with Crippen LogP contribution in [0.25, 0.3) is 0 Å². The maximum atomic E-state index is 12.3. The number of amides is 2. The van der Waals surface area contributed by atoms with Crippen LogP contribution >= 0.6 is 0 Å². The van der Waals surface area contributed by atoms with Crippen molar-refractivity contribution >= 4 is 24.1 Å². The van der Waals surface area contributed by atoms with E-state index in [0.717, 1.165) is 12.8 Å². The Morgan fingerprint density at radius 2 is 1.16 bits per heavy atom. The quantitative estimate of drug-likeness (QED) is 0.289. The van der Waals surface area contributed by atoms with Gasteiger partial charge in [0.05, 0.1) is 25.4 Å². The molecule has 11 heteroatoms. The molecule has 172 valence electrons. The number of methoxy groups -OCH3 is 2. The Morgan fingerprint density at radius 3 is 1.48 bits per heavy atom. The maximum Gasteiger partial charge on any atom is 0.407 e. The molecule has 0 fully saturated rings. The number of hydrogen-bond donors (Lipinski definition) is 2. The monoisotopic (exact) mass is 440 g/mol. The fraction of sp³-hybridized carbons (Fsp3) is 0.600. The molecule has 2 N–H and O–H groups in total. The Hall–Kier alpha value is -3.08. The lowest BCUT2D eigenvalue weighted by Gasteiger charge is -2.20. The van der Waals surface area contributed by atoms with Crippen LogP contribution in [0, 0.1) is 0 Å². The molecule has 2 bridgehead atoms. The van der Waals surface area contributed by atoms with E-state index in [-0.39, 0.29) is 24.4 Å². The Balaban J connectivity index is 2.28. The van der Waals surface area contributed by atoms with Crippen LogP contribution < -0.4 is 10.6 Å². The zero-order valence-corrected chi connectivity index (χ0v) is 18.1. The molecule has 2 rings (SSSR count). The van der Waals surface area contributed by atoms with Crippen molar-refractivity contribution in [2.75, 3.05) is 40.5 Å². The van der Waals surface area contributed by atoms with E-state index in [1.165, 1.54) is 14.2 Å². The van der Waals surface area contributed by atoms with E-state index in [1.807, 2.05) is 13.8 Å². The second-order valence-electron chi connectivity index (χ2n) is 6.76. The summed E-state index contributed by atoms with van der Waals surface area (Å²) in [6, 6.07) is 0. The summed E-state index contributed by atoms with van der Waals surface area (Å²) in [7, 11) is 2.35. The van der Waals surface area contributed by atoms with E-state index in [9.17, 15) is 19.2 Å². The number of fused-ring (bicyclic) bond motifs is 2. The first-order chi connectivity index (χ1) is 14.9. The first kappa shape index (κ1) is 24.2. The van der Waals surface area contributed by atoms with Crippen LogP contribution in [-0.4, -0.2) is 76.9 Å². The lowest BCUT2D eigenvalue weighted by atomic mass is 9.86. The second kappa shape index (κ2) is 11.3. The van der Waals surface area contributed by atoms with Crippen molar-refractivity contribution in [1.29, 1.82) is 0 Å². The first-order valence-corrected chi connectivity index (χ1v) is 9.98. The van der Waals surface area contributed by atoms with Gasteiger partial charge in [-0.1, -0.05) is 13.8 Å². The number of carbonyl (C=O) groups excluding carboxylic acids is 4. The third kappa shape index (κ3) is 5.54. The Bertz CT molecular complexity index is 726. The van der Waals surface area contributed by atoms with E-state index in [1.54, 1.807) is 0 Å². The SMILES string of the molecule is CCCNC(=O)OCC1=C(COC(=O)NCCC)C2OC1C(C(=O)OC)=C2C(=O)OC. The first-order valence-electron chi connectivity index (χ1n) is 9.98. The van der Waals surface area contributed by atoms with Crippen LogP contribution in [0.2, 0.25) is 0 Å². The largest absolute Gasteiger partial charge is 0.466 e. The number of rotatable bonds is 10. The zero-order valence-electron chi connectivity index (χ0n) is 18.1. The topological polar surface area (TPSA) is 138 Å². The highest BCUT2D eigenvalue weighted by Crippen LogP contribution is 2.44. The standard InChI is InChI=1S/C20H28N2O9/c1-5-7-21-19(25)29-9-11-12(10-30-20(26)22-8-6-2)16-14(18(24)28-4)13(15(11)31-16)17(23)27-3/h15-16H,5-10H2,1-4H3,(H,21,25)(H,22,26). The van der Waals surface area contributed by atoms with Crippen molar-refractivity contribution < 1.29 is 42.9 Å². The van der Waals surface area contributed by atoms with Gasteiger partial charge in [0.25, 0.3) is 0 Å². The molecule has 0 aromatic heterocycles. The van der Waals surface area contributed by atoms with Gasteiger partial charge in [0, 0.05) is 24.2 Å². The predicted octanol–water partition coefficient (Wildman–Crippen LogP) is 0.979. The van der Waals surface area contributed by atoms with Crippen LogP contribution in [0.5, 0.6) is 0 Å². The van der Waals surface area contributed by atoms with Gasteiger partial charge in [-0.3, -0.25) is 0 Å². The smallest absolute Gasteiger partial charge is 0.407 e. The minimum absolute atomic E-state index is 0.0221. The van der Waals surface area contributed by atoms with Crippen LogP contribution in [0.1, 0.15) is 26.7 Å². The second-order valence-corrected chi connectivity index (χ2v) is 6.76. The summed E-state index contributed by atoms with van der Waals surface area (Å²) in [6.07, 6.45) is -1.79. The predicted molar refractivity (Wildman–Crippen MR) is 106 cm³/mol. The summed E-state index contributed by atoms with van der Waals surface area (Å²) in [5.74, 6) is -1.53. The molecule has 2 unspecified atom stereocenters. The summed E-state index contributed by atoms with van der Waals surface area (Å²) in [5, 5.41) is 5.14. The van der Waals surface area contributed by atoms with Crippen LogP contribution in [-0.2, 0) is 33.3 Å². The molecule has 0 aromatic carbocycles. The minimum atomic E-state index is -0.983. The average molecular weight is 440 g/mol. The van der Waals surface area contributed by atoms with E-state index >= 15 is 0 Å². The van der Waals surface area contributed by atoms with Gasteiger partial charge >= 0.3 is 24.1 Å². The van der Waals surface area contributed by atoms with Gasteiger partial charge in [0.2, 0.25) is 0 Å². The van der Waals surface area contributed by atoms with Crippen LogP contribution in [0.4, 0.5) is 9.59 Å². The van der Waals surface area contributed by atoms with E-state index in [4.69, 9.17) is 23.7 Å². The van der Waals surface area contributed by atoms with Gasteiger partial charge < -0.3 is 34.3 Å². The van der Waals surface area contributed by atoms with Gasteiger partial charge in [-0.15, -0.1) is 0 Å². The molecule has 31 heavy (non-hydrogen) atoms. The van der Waals surface area contributed by atoms with Crippen molar-refractivity contribution in [2.24, 2.45) is 0 Å². The van der Waals surface area contributed by atoms with Gasteiger partial charge in [0.15, 0.2) is 0 Å². The Kier molecular flexibility index (Phi) is 8.86. The number of nitrogens with one attached hydrogen (secondary N) is 2. The van der Waals surface area contributed by atoms with Gasteiger partial charge in [-0.2, -0.15) is 0 Å². The Labute approximate surface area is 180 Å². The number of ether oxygens (including phenoxy) is 5. The fourth-order valence-corrected chi connectivity index (χ4v) is 3.24. The molecular weight excluding hydrogens is 412 g/mol. The Morgan fingerprint density at radius 1 is 0.774 bits per heavy atom. The summed E-state index contributed by atoms with van der Waals surface area (Å²) in [6.45, 7) is 4.23. The molecule has 2 atom stereocenters. The maximum absolute atomic E-state index is 12.3. The summed E-state index contributed by atoms with van der Waals surface area (Å²) in [5.41, 5.74) is 0.776. The fourth-order valence-electron chi connectivity index (χ4n) is 3.24. The highest BCUT2D eigenvalue weighted by molar-refractivity contribution is 6.04. The minimum Gasteiger partial charge on any atom is -0.466 e. The zero-order chi connectivity index (χ0) is 23.0. The van der Waals surface area contributed by atoms with Crippen molar-refractivity contribution in [2.45, 2.75) is 38.9 Å².